The van der Waals surface area contributed by atoms with Gasteiger partial charge >= 0.3 is 0 Å². The minimum Gasteiger partial charge on any atom is -0.341 e. The Kier molecular flexibility index (Phi) is 4.55. The number of piperidine rings is 1. The number of likely N-dealkylation sites (tertiary alicyclic amines) is 1. The average molecular weight is 260 g/mol. The number of nitrogens with zero attached hydrogens (tertiary/aromatic N) is 1. The van der Waals surface area contributed by atoms with Crippen LogP contribution in [0.25, 0.3) is 0 Å². The molecule has 0 spiro atoms. The lowest BCUT2D eigenvalue weighted by Crippen LogP contribution is -2.44. The van der Waals surface area contributed by atoms with Crippen LogP contribution in [-0.2, 0) is 9.59 Å². The first-order valence-corrected chi connectivity index (χ1v) is 6.79. The Hall–Kier alpha value is -1.84. The molecular formula is C15H20N2O2. The molecule has 19 heavy (non-hydrogen) atoms. The average Bonchev–Trinajstić information content (AvgIpc) is 2.46. The molecule has 1 heterocycles. The number of nitrogens with one attached hydrogen (secondary N) is 1. The van der Waals surface area contributed by atoms with Gasteiger partial charge in [0, 0.05) is 20.0 Å². The van der Waals surface area contributed by atoms with Crippen molar-refractivity contribution in [2.75, 3.05) is 13.1 Å². The predicted octanol–water partition coefficient (Wildman–Crippen LogP) is 1.88. The Balaban J connectivity index is 2.17. The molecule has 1 aliphatic heterocycles. The van der Waals surface area contributed by atoms with Crippen molar-refractivity contribution in [2.24, 2.45) is 0 Å². The highest BCUT2D eigenvalue weighted by molar-refractivity contribution is 5.88. The van der Waals surface area contributed by atoms with E-state index in [2.05, 4.69) is 5.32 Å². The molecule has 2 amide bonds. The van der Waals surface area contributed by atoms with E-state index in [1.165, 1.54) is 13.3 Å². The summed E-state index contributed by atoms with van der Waals surface area (Å²) < 4.78 is 0. The zero-order valence-corrected chi connectivity index (χ0v) is 11.3. The number of carbonyl (C=O) groups is 2. The SMILES string of the molecule is CC(=O)N[C@H](C(=O)N1CCCCC1)c1ccccc1. The molecule has 4 nitrogen and oxygen atoms in total. The highest BCUT2D eigenvalue weighted by atomic mass is 16.2. The molecule has 0 unspecified atom stereocenters. The minimum atomic E-state index is -0.559. The van der Waals surface area contributed by atoms with Gasteiger partial charge in [-0.05, 0) is 24.8 Å². The Morgan fingerprint density at radius 1 is 1.11 bits per heavy atom. The standard InChI is InChI=1S/C15H20N2O2/c1-12(18)16-14(13-8-4-2-5-9-13)15(19)17-10-6-3-7-11-17/h2,4-5,8-9,14H,3,6-7,10-11H2,1H3,(H,16,18)/t14-/m0/s1. The topological polar surface area (TPSA) is 49.4 Å². The second-order valence-corrected chi connectivity index (χ2v) is 4.93. The van der Waals surface area contributed by atoms with Gasteiger partial charge in [0.15, 0.2) is 0 Å². The van der Waals surface area contributed by atoms with Crippen LogP contribution in [0.3, 0.4) is 0 Å². The molecule has 1 aromatic rings. The van der Waals surface area contributed by atoms with Crippen LogP contribution in [0, 0.1) is 0 Å². The maximum atomic E-state index is 12.5. The van der Waals surface area contributed by atoms with Crippen molar-refractivity contribution in [3.8, 4) is 0 Å². The first-order chi connectivity index (χ1) is 9.18. The molecule has 1 fully saturated rings. The summed E-state index contributed by atoms with van der Waals surface area (Å²) >= 11 is 0. The lowest BCUT2D eigenvalue weighted by Gasteiger charge is -2.30. The lowest BCUT2D eigenvalue weighted by atomic mass is 10.0. The molecule has 0 aliphatic carbocycles. The zero-order valence-electron chi connectivity index (χ0n) is 11.3. The third-order valence-corrected chi connectivity index (χ3v) is 3.40. The summed E-state index contributed by atoms with van der Waals surface area (Å²) in [4.78, 5) is 25.7. The number of benzene rings is 1. The lowest BCUT2D eigenvalue weighted by molar-refractivity contribution is -0.137. The number of amides is 2. The summed E-state index contributed by atoms with van der Waals surface area (Å²) in [7, 11) is 0. The van der Waals surface area contributed by atoms with Crippen molar-refractivity contribution in [1.29, 1.82) is 0 Å². The molecule has 2 rings (SSSR count). The van der Waals surface area contributed by atoms with Crippen molar-refractivity contribution in [3.63, 3.8) is 0 Å². The molecule has 0 saturated carbocycles. The van der Waals surface area contributed by atoms with Gasteiger partial charge in [-0.2, -0.15) is 0 Å². The van der Waals surface area contributed by atoms with Crippen LogP contribution < -0.4 is 5.32 Å². The first-order valence-electron chi connectivity index (χ1n) is 6.79. The van der Waals surface area contributed by atoms with Gasteiger partial charge in [0.25, 0.3) is 0 Å². The maximum Gasteiger partial charge on any atom is 0.249 e. The molecule has 4 heteroatoms. The smallest absolute Gasteiger partial charge is 0.249 e. The van der Waals surface area contributed by atoms with Gasteiger partial charge in [-0.3, -0.25) is 9.59 Å². The molecule has 0 radical (unpaired) electrons. The van der Waals surface area contributed by atoms with Crippen molar-refractivity contribution in [1.82, 2.24) is 10.2 Å². The fourth-order valence-corrected chi connectivity index (χ4v) is 2.43. The van der Waals surface area contributed by atoms with Crippen molar-refractivity contribution < 1.29 is 9.59 Å². The van der Waals surface area contributed by atoms with Crippen molar-refractivity contribution in [3.05, 3.63) is 35.9 Å². The summed E-state index contributed by atoms with van der Waals surface area (Å²) in [6.07, 6.45) is 3.28. The fraction of sp³-hybridized carbons (Fsp3) is 0.467. The van der Waals surface area contributed by atoms with Gasteiger partial charge in [0.2, 0.25) is 11.8 Å². The van der Waals surface area contributed by atoms with E-state index in [0.717, 1.165) is 31.5 Å². The Morgan fingerprint density at radius 2 is 1.74 bits per heavy atom. The number of rotatable bonds is 3. The number of hydrogen-bond acceptors (Lipinski definition) is 2. The Bertz CT molecular complexity index is 439. The van der Waals surface area contributed by atoms with Crippen LogP contribution in [0.1, 0.15) is 37.8 Å². The highest BCUT2D eigenvalue weighted by Gasteiger charge is 2.27. The highest BCUT2D eigenvalue weighted by Crippen LogP contribution is 2.19. The molecule has 1 N–H and O–H groups in total. The quantitative estimate of drug-likeness (QED) is 0.902. The number of hydrogen-bond donors (Lipinski definition) is 1. The molecule has 0 bridgehead atoms. The van der Waals surface area contributed by atoms with Crippen LogP contribution in [0.5, 0.6) is 0 Å². The molecule has 1 atom stereocenters. The fourth-order valence-electron chi connectivity index (χ4n) is 2.43. The van der Waals surface area contributed by atoms with Gasteiger partial charge in [-0.1, -0.05) is 30.3 Å². The summed E-state index contributed by atoms with van der Waals surface area (Å²) in [5.74, 6) is -0.180. The van der Waals surface area contributed by atoms with E-state index < -0.39 is 6.04 Å². The largest absolute Gasteiger partial charge is 0.341 e. The van der Waals surface area contributed by atoms with Crippen LogP contribution in [0.15, 0.2) is 30.3 Å². The second kappa shape index (κ2) is 6.36. The molecule has 102 valence electrons. The van der Waals surface area contributed by atoms with Gasteiger partial charge in [0.05, 0.1) is 0 Å². The molecule has 1 aromatic carbocycles. The zero-order chi connectivity index (χ0) is 13.7. The van der Waals surface area contributed by atoms with E-state index in [1.54, 1.807) is 0 Å². The van der Waals surface area contributed by atoms with Gasteiger partial charge < -0.3 is 10.2 Å². The van der Waals surface area contributed by atoms with Crippen LogP contribution in [0.2, 0.25) is 0 Å². The van der Waals surface area contributed by atoms with Crippen LogP contribution in [-0.4, -0.2) is 29.8 Å². The van der Waals surface area contributed by atoms with E-state index in [-0.39, 0.29) is 11.8 Å². The predicted molar refractivity (Wildman–Crippen MR) is 73.4 cm³/mol. The first kappa shape index (κ1) is 13.6. The third kappa shape index (κ3) is 3.56. The Morgan fingerprint density at radius 3 is 2.32 bits per heavy atom. The van der Waals surface area contributed by atoms with E-state index in [0.29, 0.717) is 0 Å². The van der Waals surface area contributed by atoms with Gasteiger partial charge in [-0.15, -0.1) is 0 Å². The monoisotopic (exact) mass is 260 g/mol. The molecule has 0 aromatic heterocycles. The van der Waals surface area contributed by atoms with E-state index in [9.17, 15) is 9.59 Å². The summed E-state index contributed by atoms with van der Waals surface area (Å²) in [6, 6.07) is 8.86. The normalized spacial score (nSPS) is 16.8. The Labute approximate surface area is 113 Å². The van der Waals surface area contributed by atoms with E-state index >= 15 is 0 Å². The molecule has 1 aliphatic rings. The van der Waals surface area contributed by atoms with Crippen molar-refractivity contribution >= 4 is 11.8 Å². The van der Waals surface area contributed by atoms with Crippen molar-refractivity contribution in [2.45, 2.75) is 32.2 Å². The number of carbonyl (C=O) groups excluding carboxylic acids is 2. The minimum absolute atomic E-state index is 0.00102. The van der Waals surface area contributed by atoms with Gasteiger partial charge in [-0.25, -0.2) is 0 Å². The molecular weight excluding hydrogens is 240 g/mol. The summed E-state index contributed by atoms with van der Waals surface area (Å²) in [6.45, 7) is 3.03. The maximum absolute atomic E-state index is 12.5. The third-order valence-electron chi connectivity index (χ3n) is 3.40. The van der Waals surface area contributed by atoms with Crippen LogP contribution >= 0.6 is 0 Å². The van der Waals surface area contributed by atoms with E-state index in [4.69, 9.17) is 0 Å². The summed E-state index contributed by atoms with van der Waals surface area (Å²) in [5, 5.41) is 2.76. The molecule has 1 saturated heterocycles. The van der Waals surface area contributed by atoms with Gasteiger partial charge in [0.1, 0.15) is 6.04 Å². The summed E-state index contributed by atoms with van der Waals surface area (Å²) in [5.41, 5.74) is 0.841. The van der Waals surface area contributed by atoms with Crippen LogP contribution in [0.4, 0.5) is 0 Å². The van der Waals surface area contributed by atoms with E-state index in [1.807, 2.05) is 35.2 Å². The second-order valence-electron chi connectivity index (χ2n) is 4.93.